The van der Waals surface area contributed by atoms with Gasteiger partial charge in [0.2, 0.25) is 0 Å². The predicted octanol–water partition coefficient (Wildman–Crippen LogP) is 4.00. The molecular formula is C12H14ClN3O2S. The maximum Gasteiger partial charge on any atom is 0.412 e. The summed E-state index contributed by atoms with van der Waals surface area (Å²) in [4.78, 5) is 20.9. The minimum absolute atomic E-state index is 0.375. The van der Waals surface area contributed by atoms with Crippen LogP contribution in [0, 0.1) is 6.92 Å². The average Bonchev–Trinajstić information content (AvgIpc) is 2.61. The van der Waals surface area contributed by atoms with E-state index in [2.05, 4.69) is 15.3 Å². The molecule has 0 unspecified atom stereocenters. The van der Waals surface area contributed by atoms with Gasteiger partial charge in [-0.25, -0.2) is 14.8 Å². The Hall–Kier alpha value is -1.40. The van der Waals surface area contributed by atoms with Gasteiger partial charge < -0.3 is 4.74 Å². The Balaban J connectivity index is 2.26. The fourth-order valence-corrected chi connectivity index (χ4v) is 2.51. The molecule has 2 rings (SSSR count). The highest BCUT2D eigenvalue weighted by Crippen LogP contribution is 2.31. The maximum atomic E-state index is 11.7. The van der Waals surface area contributed by atoms with E-state index in [1.807, 2.05) is 6.92 Å². The van der Waals surface area contributed by atoms with E-state index < -0.39 is 11.7 Å². The first kappa shape index (κ1) is 14.0. The molecule has 2 aromatic rings. The summed E-state index contributed by atoms with van der Waals surface area (Å²) in [6.07, 6.45) is 0.939. The number of nitrogens with one attached hydrogen (secondary N) is 1. The van der Waals surface area contributed by atoms with Gasteiger partial charge in [0.05, 0.1) is 21.9 Å². The van der Waals surface area contributed by atoms with Crippen molar-refractivity contribution in [1.82, 2.24) is 9.97 Å². The van der Waals surface area contributed by atoms with Crippen molar-refractivity contribution in [1.29, 1.82) is 0 Å². The Morgan fingerprint density at radius 1 is 1.47 bits per heavy atom. The lowest BCUT2D eigenvalue weighted by molar-refractivity contribution is 0.0636. The highest BCUT2D eigenvalue weighted by Gasteiger charge is 2.18. The second-order valence-electron chi connectivity index (χ2n) is 5.00. The number of fused-ring (bicyclic) bond motifs is 1. The summed E-state index contributed by atoms with van der Waals surface area (Å²) in [6.45, 7) is 7.25. The van der Waals surface area contributed by atoms with Gasteiger partial charge in [0.15, 0.2) is 0 Å². The van der Waals surface area contributed by atoms with Crippen LogP contribution in [0.5, 0.6) is 0 Å². The van der Waals surface area contributed by atoms with Crippen molar-refractivity contribution < 1.29 is 9.53 Å². The molecule has 0 fully saturated rings. The molecule has 1 N–H and O–H groups in total. The zero-order valence-electron chi connectivity index (χ0n) is 11.1. The number of aryl methyl sites for hydroxylation is 1. The van der Waals surface area contributed by atoms with Crippen LogP contribution in [0.2, 0.25) is 5.02 Å². The van der Waals surface area contributed by atoms with Crippen LogP contribution in [0.4, 0.5) is 10.5 Å². The first-order valence-electron chi connectivity index (χ1n) is 5.68. The molecule has 0 aliphatic heterocycles. The summed E-state index contributed by atoms with van der Waals surface area (Å²) in [5.41, 5.74) is 0.428. The molecular weight excluding hydrogens is 286 g/mol. The third-order valence-electron chi connectivity index (χ3n) is 2.11. The number of carbonyl (C=O) groups is 1. The Kier molecular flexibility index (Phi) is 3.64. The molecule has 0 spiro atoms. The molecule has 2 heterocycles. The van der Waals surface area contributed by atoms with Crippen molar-refractivity contribution in [2.75, 3.05) is 5.32 Å². The number of nitrogens with zero attached hydrogens (tertiary/aromatic N) is 2. The van der Waals surface area contributed by atoms with Crippen LogP contribution in [0.15, 0.2) is 6.20 Å². The number of pyridine rings is 1. The Labute approximate surface area is 120 Å². The van der Waals surface area contributed by atoms with Crippen LogP contribution < -0.4 is 5.32 Å². The van der Waals surface area contributed by atoms with Gasteiger partial charge in [-0.15, -0.1) is 0 Å². The number of ether oxygens (including phenoxy) is 1. The molecule has 0 aliphatic rings. The number of rotatable bonds is 1. The standard InChI is InChI=1S/C12H14ClN3O2S/c1-6-15-9-8(13)7(5-14-10(9)19-6)16-11(17)18-12(2,3)4/h5H,1-4H3,(H,16,17). The van der Waals surface area contributed by atoms with Crippen molar-refractivity contribution in [3.8, 4) is 0 Å². The molecule has 0 saturated heterocycles. The normalized spacial score (nSPS) is 11.6. The van der Waals surface area contributed by atoms with E-state index in [0.717, 1.165) is 9.84 Å². The van der Waals surface area contributed by atoms with Crippen molar-refractivity contribution in [2.24, 2.45) is 0 Å². The summed E-state index contributed by atoms with van der Waals surface area (Å²) in [5, 5.41) is 3.83. The van der Waals surface area contributed by atoms with Crippen LogP contribution >= 0.6 is 22.9 Å². The van der Waals surface area contributed by atoms with Gasteiger partial charge in [-0.05, 0) is 27.7 Å². The zero-order chi connectivity index (χ0) is 14.2. The van der Waals surface area contributed by atoms with E-state index in [1.54, 1.807) is 20.8 Å². The molecule has 0 atom stereocenters. The van der Waals surface area contributed by atoms with Gasteiger partial charge in [-0.2, -0.15) is 0 Å². The van der Waals surface area contributed by atoms with Gasteiger partial charge in [0.1, 0.15) is 15.9 Å². The topological polar surface area (TPSA) is 64.1 Å². The first-order valence-corrected chi connectivity index (χ1v) is 6.87. The van der Waals surface area contributed by atoms with Crippen LogP contribution in [0.1, 0.15) is 25.8 Å². The van der Waals surface area contributed by atoms with E-state index >= 15 is 0 Å². The van der Waals surface area contributed by atoms with E-state index in [4.69, 9.17) is 16.3 Å². The number of hydrogen-bond acceptors (Lipinski definition) is 5. The molecule has 2 aromatic heterocycles. The Morgan fingerprint density at radius 3 is 2.79 bits per heavy atom. The number of aromatic nitrogens is 2. The van der Waals surface area contributed by atoms with Gasteiger partial charge in [-0.3, -0.25) is 5.32 Å². The van der Waals surface area contributed by atoms with E-state index in [-0.39, 0.29) is 0 Å². The fourth-order valence-electron chi connectivity index (χ4n) is 1.45. The number of halogens is 1. The monoisotopic (exact) mass is 299 g/mol. The lowest BCUT2D eigenvalue weighted by Gasteiger charge is -2.19. The molecule has 0 aromatic carbocycles. The molecule has 7 heteroatoms. The number of hydrogen-bond donors (Lipinski definition) is 1. The third kappa shape index (κ3) is 3.33. The minimum Gasteiger partial charge on any atom is -0.444 e. The van der Waals surface area contributed by atoms with Crippen LogP contribution in [0.3, 0.4) is 0 Å². The lowest BCUT2D eigenvalue weighted by atomic mass is 10.2. The second-order valence-corrected chi connectivity index (χ2v) is 6.56. The van der Waals surface area contributed by atoms with Crippen molar-refractivity contribution in [3.05, 3.63) is 16.2 Å². The van der Waals surface area contributed by atoms with Crippen LogP contribution in [0.25, 0.3) is 10.3 Å². The zero-order valence-corrected chi connectivity index (χ0v) is 12.6. The SMILES string of the molecule is Cc1nc2c(Cl)c(NC(=O)OC(C)(C)C)cnc2s1. The summed E-state index contributed by atoms with van der Waals surface area (Å²) < 4.78 is 5.16. The molecule has 5 nitrogen and oxygen atoms in total. The summed E-state index contributed by atoms with van der Waals surface area (Å²) in [7, 11) is 0. The van der Waals surface area contributed by atoms with Crippen molar-refractivity contribution >= 4 is 45.1 Å². The largest absolute Gasteiger partial charge is 0.444 e. The van der Waals surface area contributed by atoms with Gasteiger partial charge in [0.25, 0.3) is 0 Å². The first-order chi connectivity index (χ1) is 8.76. The van der Waals surface area contributed by atoms with Crippen LogP contribution in [-0.2, 0) is 4.74 Å². The number of amides is 1. The number of carbonyl (C=O) groups excluding carboxylic acids is 1. The average molecular weight is 300 g/mol. The predicted molar refractivity (Wildman–Crippen MR) is 77.0 cm³/mol. The highest BCUT2D eigenvalue weighted by molar-refractivity contribution is 7.18. The van der Waals surface area contributed by atoms with Crippen molar-refractivity contribution in [2.45, 2.75) is 33.3 Å². The molecule has 0 bridgehead atoms. The number of thiazole rings is 1. The Morgan fingerprint density at radius 2 is 2.16 bits per heavy atom. The quantitative estimate of drug-likeness (QED) is 0.864. The summed E-state index contributed by atoms with van der Waals surface area (Å²) in [5.74, 6) is 0. The molecule has 0 saturated carbocycles. The molecule has 19 heavy (non-hydrogen) atoms. The van der Waals surface area contributed by atoms with E-state index in [9.17, 15) is 4.79 Å². The second kappa shape index (κ2) is 4.94. The minimum atomic E-state index is -0.567. The molecule has 0 radical (unpaired) electrons. The van der Waals surface area contributed by atoms with Gasteiger partial charge in [0, 0.05) is 0 Å². The van der Waals surface area contributed by atoms with Crippen molar-refractivity contribution in [3.63, 3.8) is 0 Å². The van der Waals surface area contributed by atoms with E-state index in [1.165, 1.54) is 17.5 Å². The number of anilines is 1. The third-order valence-corrected chi connectivity index (χ3v) is 3.37. The smallest absolute Gasteiger partial charge is 0.412 e. The summed E-state index contributed by atoms with van der Waals surface area (Å²) in [6, 6.07) is 0. The maximum absolute atomic E-state index is 11.7. The van der Waals surface area contributed by atoms with Gasteiger partial charge in [-0.1, -0.05) is 22.9 Å². The molecule has 1 amide bonds. The summed E-state index contributed by atoms with van der Waals surface area (Å²) >= 11 is 7.66. The lowest BCUT2D eigenvalue weighted by Crippen LogP contribution is -2.27. The van der Waals surface area contributed by atoms with Gasteiger partial charge >= 0.3 is 6.09 Å². The van der Waals surface area contributed by atoms with Crippen LogP contribution in [-0.4, -0.2) is 21.7 Å². The fraction of sp³-hybridized carbons (Fsp3) is 0.417. The van der Waals surface area contributed by atoms with E-state index in [0.29, 0.717) is 16.2 Å². The molecule has 0 aliphatic carbocycles. The Bertz CT molecular complexity index is 634. The molecule has 102 valence electrons. The highest BCUT2D eigenvalue weighted by atomic mass is 35.5.